The van der Waals surface area contributed by atoms with E-state index in [9.17, 15) is 9.59 Å². The molecule has 5 nitrogen and oxygen atoms in total. The molecule has 0 heterocycles. The Morgan fingerprint density at radius 3 is 1.94 bits per heavy atom. The summed E-state index contributed by atoms with van der Waals surface area (Å²) in [5, 5.41) is 0. The number of ether oxygens (including phenoxy) is 2. The van der Waals surface area contributed by atoms with Crippen molar-refractivity contribution in [3.8, 4) is 0 Å². The van der Waals surface area contributed by atoms with Gasteiger partial charge in [-0.3, -0.25) is 0 Å². The van der Waals surface area contributed by atoms with Crippen LogP contribution in [0.15, 0.2) is 24.0 Å². The first kappa shape index (κ1) is 18.7. The quantitative estimate of drug-likeness (QED) is 0.436. The third-order valence-electron chi connectivity index (χ3n) is 1.29. The highest BCUT2D eigenvalue weighted by molar-refractivity contribution is 5.90. The van der Waals surface area contributed by atoms with Crippen LogP contribution in [0.5, 0.6) is 0 Å². The van der Waals surface area contributed by atoms with E-state index in [2.05, 4.69) is 16.1 Å². The van der Waals surface area contributed by atoms with Crippen LogP contribution in [0.4, 0.5) is 0 Å². The standard InChI is InChI=1S/C10H14O4.C3H9N/c1-5-13-10(12)8(4)6-14-9(11)7(2)3;1-4(2)3/h6H,2,5H2,1,3-4H3;1-3H3. The van der Waals surface area contributed by atoms with E-state index in [0.29, 0.717) is 6.61 Å². The maximum atomic E-state index is 11.0. The van der Waals surface area contributed by atoms with Crippen LogP contribution >= 0.6 is 0 Å². The van der Waals surface area contributed by atoms with Crippen molar-refractivity contribution in [1.29, 1.82) is 0 Å². The minimum absolute atomic E-state index is 0.237. The third kappa shape index (κ3) is 12.4. The van der Waals surface area contributed by atoms with Crippen molar-refractivity contribution >= 4 is 11.9 Å². The molecular formula is C13H23NO4. The zero-order valence-electron chi connectivity index (χ0n) is 12.1. The Morgan fingerprint density at radius 1 is 1.17 bits per heavy atom. The molecule has 0 saturated carbocycles. The molecule has 0 amide bonds. The molecular weight excluding hydrogens is 234 g/mol. The second-order valence-corrected chi connectivity index (χ2v) is 4.05. The summed E-state index contributed by atoms with van der Waals surface area (Å²) in [6, 6.07) is 0. The van der Waals surface area contributed by atoms with E-state index < -0.39 is 11.9 Å². The predicted molar refractivity (Wildman–Crippen MR) is 70.9 cm³/mol. The molecule has 0 aliphatic rings. The molecule has 0 spiro atoms. The lowest BCUT2D eigenvalue weighted by atomic mass is 10.3. The summed E-state index contributed by atoms with van der Waals surface area (Å²) in [5.41, 5.74) is 0.513. The zero-order chi connectivity index (χ0) is 14.7. The van der Waals surface area contributed by atoms with Gasteiger partial charge in [-0.25, -0.2) is 9.59 Å². The largest absolute Gasteiger partial charge is 0.463 e. The van der Waals surface area contributed by atoms with Gasteiger partial charge in [0, 0.05) is 5.57 Å². The van der Waals surface area contributed by atoms with Crippen molar-refractivity contribution in [2.24, 2.45) is 0 Å². The predicted octanol–water partition coefficient (Wildman–Crippen LogP) is 1.75. The third-order valence-corrected chi connectivity index (χ3v) is 1.29. The number of esters is 2. The van der Waals surface area contributed by atoms with Gasteiger partial charge in [-0.05, 0) is 41.9 Å². The molecule has 0 fully saturated rings. The Balaban J connectivity index is 0. The first-order chi connectivity index (χ1) is 8.22. The van der Waals surface area contributed by atoms with Crippen molar-refractivity contribution < 1.29 is 19.1 Å². The van der Waals surface area contributed by atoms with Gasteiger partial charge in [0.15, 0.2) is 0 Å². The highest BCUT2D eigenvalue weighted by Gasteiger charge is 2.06. The van der Waals surface area contributed by atoms with E-state index in [1.165, 1.54) is 13.8 Å². The van der Waals surface area contributed by atoms with Gasteiger partial charge in [0.25, 0.3) is 0 Å². The van der Waals surface area contributed by atoms with Gasteiger partial charge in [-0.2, -0.15) is 0 Å². The van der Waals surface area contributed by atoms with Crippen LogP contribution in [0, 0.1) is 0 Å². The fourth-order valence-electron chi connectivity index (χ4n) is 0.536. The van der Waals surface area contributed by atoms with E-state index in [0.717, 1.165) is 6.26 Å². The van der Waals surface area contributed by atoms with E-state index in [1.54, 1.807) is 6.92 Å². The van der Waals surface area contributed by atoms with Gasteiger partial charge in [0.05, 0.1) is 12.2 Å². The molecule has 18 heavy (non-hydrogen) atoms. The van der Waals surface area contributed by atoms with Gasteiger partial charge in [-0.1, -0.05) is 6.58 Å². The minimum atomic E-state index is -0.561. The monoisotopic (exact) mass is 257 g/mol. The molecule has 0 aromatic heterocycles. The summed E-state index contributed by atoms with van der Waals surface area (Å²) in [6.07, 6.45) is 1.06. The molecule has 5 heteroatoms. The van der Waals surface area contributed by atoms with Crippen LogP contribution in [-0.4, -0.2) is 44.6 Å². The maximum absolute atomic E-state index is 11.0. The topological polar surface area (TPSA) is 55.8 Å². The number of nitrogens with zero attached hydrogens (tertiary/aromatic N) is 1. The summed E-state index contributed by atoms with van der Waals surface area (Å²) in [5.74, 6) is -1.06. The Kier molecular flexibility index (Phi) is 11.0. The molecule has 0 bridgehead atoms. The molecule has 104 valence electrons. The van der Waals surface area contributed by atoms with Crippen molar-refractivity contribution in [3.05, 3.63) is 24.0 Å². The molecule has 0 aromatic carbocycles. The van der Waals surface area contributed by atoms with Gasteiger partial charge in [0.2, 0.25) is 0 Å². The van der Waals surface area contributed by atoms with Crippen LogP contribution in [0.25, 0.3) is 0 Å². The molecule has 0 aliphatic heterocycles. The fourth-order valence-corrected chi connectivity index (χ4v) is 0.536. The average Bonchev–Trinajstić information content (AvgIpc) is 2.24. The van der Waals surface area contributed by atoms with Gasteiger partial charge in [-0.15, -0.1) is 0 Å². The van der Waals surface area contributed by atoms with Gasteiger partial charge < -0.3 is 14.4 Å². The smallest absolute Gasteiger partial charge is 0.337 e. The number of carbonyl (C=O) groups is 2. The zero-order valence-corrected chi connectivity index (χ0v) is 12.1. The van der Waals surface area contributed by atoms with Crippen molar-refractivity contribution in [3.63, 3.8) is 0 Å². The maximum Gasteiger partial charge on any atom is 0.337 e. The normalized spacial score (nSPS) is 10.3. The molecule has 0 radical (unpaired) electrons. The van der Waals surface area contributed by atoms with E-state index in [1.807, 2.05) is 26.0 Å². The first-order valence-corrected chi connectivity index (χ1v) is 5.53. The molecule has 0 N–H and O–H groups in total. The summed E-state index contributed by atoms with van der Waals surface area (Å²) in [7, 11) is 6.00. The van der Waals surface area contributed by atoms with E-state index >= 15 is 0 Å². The molecule has 0 unspecified atom stereocenters. The molecule has 0 aliphatic carbocycles. The number of hydrogen-bond donors (Lipinski definition) is 0. The lowest BCUT2D eigenvalue weighted by molar-refractivity contribution is -0.138. The van der Waals surface area contributed by atoms with Gasteiger partial charge >= 0.3 is 11.9 Å². The second kappa shape index (κ2) is 10.5. The molecule has 0 saturated heterocycles. The van der Waals surface area contributed by atoms with Crippen molar-refractivity contribution in [1.82, 2.24) is 4.90 Å². The van der Waals surface area contributed by atoms with Crippen LogP contribution in [0.2, 0.25) is 0 Å². The minimum Gasteiger partial charge on any atom is -0.463 e. The Bertz CT molecular complexity index is 316. The summed E-state index contributed by atoms with van der Waals surface area (Å²) >= 11 is 0. The Hall–Kier alpha value is -1.62. The summed E-state index contributed by atoms with van der Waals surface area (Å²) in [4.78, 5) is 23.9. The first-order valence-electron chi connectivity index (χ1n) is 5.53. The average molecular weight is 257 g/mol. The number of rotatable bonds is 4. The summed E-state index contributed by atoms with van der Waals surface area (Å²) < 4.78 is 9.31. The van der Waals surface area contributed by atoms with Crippen molar-refractivity contribution in [2.75, 3.05) is 27.7 Å². The molecule has 0 atom stereocenters. The highest BCUT2D eigenvalue weighted by Crippen LogP contribution is 1.99. The summed E-state index contributed by atoms with van der Waals surface area (Å²) in [6.45, 7) is 8.41. The van der Waals surface area contributed by atoms with Crippen LogP contribution in [-0.2, 0) is 19.1 Å². The molecule has 0 aromatic rings. The Labute approximate surface area is 109 Å². The van der Waals surface area contributed by atoms with Crippen molar-refractivity contribution in [2.45, 2.75) is 20.8 Å². The van der Waals surface area contributed by atoms with Crippen LogP contribution in [0.1, 0.15) is 20.8 Å². The SMILES string of the molecule is C=C(C)C(=O)OC=C(C)C(=O)OCC.CN(C)C. The van der Waals surface area contributed by atoms with E-state index in [4.69, 9.17) is 0 Å². The highest BCUT2D eigenvalue weighted by atomic mass is 16.5. The second-order valence-electron chi connectivity index (χ2n) is 4.05. The fraction of sp³-hybridized carbons (Fsp3) is 0.538. The number of hydrogen-bond acceptors (Lipinski definition) is 5. The van der Waals surface area contributed by atoms with Crippen LogP contribution in [0.3, 0.4) is 0 Å². The lowest BCUT2D eigenvalue weighted by Crippen LogP contribution is -2.07. The Morgan fingerprint density at radius 2 is 1.61 bits per heavy atom. The van der Waals surface area contributed by atoms with E-state index in [-0.39, 0.29) is 11.1 Å². The lowest BCUT2D eigenvalue weighted by Gasteiger charge is -2.01. The van der Waals surface area contributed by atoms with Crippen LogP contribution < -0.4 is 0 Å². The van der Waals surface area contributed by atoms with Gasteiger partial charge in [0.1, 0.15) is 6.26 Å². The number of carbonyl (C=O) groups excluding carboxylic acids is 2. The molecule has 0 rings (SSSR count).